The topological polar surface area (TPSA) is 76.7 Å². The highest BCUT2D eigenvalue weighted by molar-refractivity contribution is 7.90. The van der Waals surface area contributed by atoms with E-state index in [2.05, 4.69) is 19.0 Å². The largest absolute Gasteiger partial charge is 0.421 e. The molecule has 0 aliphatic rings. The van der Waals surface area contributed by atoms with Gasteiger partial charge >= 0.3 is 24.5 Å². The lowest BCUT2D eigenvalue weighted by Gasteiger charge is -2.02. The molecule has 0 fully saturated rings. The lowest BCUT2D eigenvalue weighted by Crippen LogP contribution is -2.24. The van der Waals surface area contributed by atoms with Crippen LogP contribution in [0.1, 0.15) is 13.8 Å². The molecule has 0 bridgehead atoms. The number of hydrogen-bond acceptors (Lipinski definition) is 5. The third-order valence-electron chi connectivity index (χ3n) is 0.862. The fourth-order valence-corrected chi connectivity index (χ4v) is 0.702. The van der Waals surface area contributed by atoms with Gasteiger partial charge in [0, 0.05) is 13.1 Å². The van der Waals surface area contributed by atoms with Crippen LogP contribution in [0.3, 0.4) is 0 Å². The van der Waals surface area contributed by atoms with E-state index in [9.17, 15) is 9.59 Å². The van der Waals surface area contributed by atoms with Crippen molar-refractivity contribution < 1.29 is 18.0 Å². The van der Waals surface area contributed by atoms with E-state index in [1.165, 1.54) is 0 Å². The molecule has 0 unspecified atom stereocenters. The molecule has 0 spiro atoms. The van der Waals surface area contributed by atoms with Crippen molar-refractivity contribution in [3.05, 3.63) is 0 Å². The molecule has 0 aromatic rings. The molecule has 0 aliphatic heterocycles. The van der Waals surface area contributed by atoms with E-state index >= 15 is 0 Å². The average Bonchev–Trinajstić information content (AvgIpc) is 2.05. The third-order valence-corrected chi connectivity index (χ3v) is 1.30. The van der Waals surface area contributed by atoms with Gasteiger partial charge in [-0.05, 0) is 13.8 Å². The highest BCUT2D eigenvalue weighted by atomic mass is 32.2. The summed E-state index contributed by atoms with van der Waals surface area (Å²) in [5.74, 6) is 0. The molecular formula is C6H12N2O4S. The van der Waals surface area contributed by atoms with Crippen LogP contribution in [-0.2, 0) is 8.37 Å². The van der Waals surface area contributed by atoms with Gasteiger partial charge in [0.2, 0.25) is 0 Å². The van der Waals surface area contributed by atoms with Gasteiger partial charge in [-0.25, -0.2) is 9.59 Å². The molecule has 0 aliphatic carbocycles. The van der Waals surface area contributed by atoms with Crippen LogP contribution >= 0.6 is 12.3 Å². The number of amides is 2. The van der Waals surface area contributed by atoms with Crippen molar-refractivity contribution in [3.8, 4) is 0 Å². The van der Waals surface area contributed by atoms with Crippen LogP contribution in [0.15, 0.2) is 0 Å². The van der Waals surface area contributed by atoms with Crippen LogP contribution in [0.5, 0.6) is 0 Å². The number of carbonyl (C=O) groups excluding carboxylic acids is 2. The van der Waals surface area contributed by atoms with Crippen molar-refractivity contribution >= 4 is 24.5 Å². The Morgan fingerprint density at radius 3 is 1.77 bits per heavy atom. The van der Waals surface area contributed by atoms with Gasteiger partial charge in [0.25, 0.3) is 0 Å². The second-order valence-corrected chi connectivity index (χ2v) is 2.34. The standard InChI is InChI=1S/C6H12N2O4S/c1-3-7-5(9)11-13-12-6(10)8-4-2/h3-4H2,1-2H3,(H,7,9)(H,8,10). The van der Waals surface area contributed by atoms with Crippen molar-refractivity contribution in [2.45, 2.75) is 13.8 Å². The van der Waals surface area contributed by atoms with Gasteiger partial charge in [-0.3, -0.25) is 0 Å². The summed E-state index contributed by atoms with van der Waals surface area (Å²) in [6.07, 6.45) is -1.28. The van der Waals surface area contributed by atoms with Gasteiger partial charge in [0.1, 0.15) is 0 Å². The molecule has 0 saturated carbocycles. The Kier molecular flexibility index (Phi) is 6.89. The summed E-state index contributed by atoms with van der Waals surface area (Å²) in [4.78, 5) is 21.2. The molecule has 0 atom stereocenters. The van der Waals surface area contributed by atoms with Gasteiger partial charge in [0.15, 0.2) is 0 Å². The van der Waals surface area contributed by atoms with Crippen LogP contribution in [0.25, 0.3) is 0 Å². The monoisotopic (exact) mass is 208 g/mol. The summed E-state index contributed by atoms with van der Waals surface area (Å²) < 4.78 is 8.77. The van der Waals surface area contributed by atoms with E-state index < -0.39 is 12.2 Å². The first kappa shape index (κ1) is 11.9. The Morgan fingerprint density at radius 2 is 1.46 bits per heavy atom. The lowest BCUT2D eigenvalue weighted by atomic mass is 10.8. The van der Waals surface area contributed by atoms with Crippen LogP contribution < -0.4 is 10.6 Å². The first-order valence-corrected chi connectivity index (χ1v) is 4.44. The number of rotatable bonds is 4. The third kappa shape index (κ3) is 7.26. The molecule has 7 heteroatoms. The summed E-state index contributed by atoms with van der Waals surface area (Å²) in [6.45, 7) is 4.41. The highest BCUT2D eigenvalue weighted by Crippen LogP contribution is 2.04. The number of hydrogen-bond donors (Lipinski definition) is 2. The summed E-state index contributed by atoms with van der Waals surface area (Å²) >= 11 is 0.325. The minimum atomic E-state index is -0.642. The van der Waals surface area contributed by atoms with Gasteiger partial charge in [0.05, 0.1) is 0 Å². The number of nitrogens with one attached hydrogen (secondary N) is 2. The quantitative estimate of drug-likeness (QED) is 0.675. The zero-order valence-corrected chi connectivity index (χ0v) is 8.27. The molecule has 0 aromatic carbocycles. The Morgan fingerprint density at radius 1 is 1.08 bits per heavy atom. The Balaban J connectivity index is 3.33. The Bertz CT molecular complexity index is 158. The molecule has 76 valence electrons. The molecule has 2 amide bonds. The van der Waals surface area contributed by atoms with Crippen molar-refractivity contribution in [2.75, 3.05) is 13.1 Å². The predicted octanol–water partition coefficient (Wildman–Crippen LogP) is 1.04. The summed E-state index contributed by atoms with van der Waals surface area (Å²) in [6, 6.07) is 0. The zero-order chi connectivity index (χ0) is 10.1. The Labute approximate surface area is 80.8 Å². The lowest BCUT2D eigenvalue weighted by molar-refractivity contribution is 0.195. The van der Waals surface area contributed by atoms with Crippen LogP contribution in [0.4, 0.5) is 9.59 Å². The first-order chi connectivity index (χ1) is 6.20. The van der Waals surface area contributed by atoms with Gasteiger partial charge in [-0.2, -0.15) is 0 Å². The predicted molar refractivity (Wildman–Crippen MR) is 47.9 cm³/mol. The molecule has 2 N–H and O–H groups in total. The molecule has 0 heterocycles. The normalized spacial score (nSPS) is 8.77. The van der Waals surface area contributed by atoms with E-state index in [1.54, 1.807) is 13.8 Å². The summed E-state index contributed by atoms with van der Waals surface area (Å²) in [5.41, 5.74) is 0. The first-order valence-electron chi connectivity index (χ1n) is 3.77. The van der Waals surface area contributed by atoms with E-state index in [4.69, 9.17) is 0 Å². The van der Waals surface area contributed by atoms with Crippen molar-refractivity contribution in [3.63, 3.8) is 0 Å². The SMILES string of the molecule is CCNC(=O)OSOC(=O)NCC. The molecule has 0 saturated heterocycles. The maximum atomic E-state index is 10.6. The fourth-order valence-electron chi connectivity index (χ4n) is 0.426. The molecular weight excluding hydrogens is 196 g/mol. The second-order valence-electron chi connectivity index (χ2n) is 1.87. The maximum absolute atomic E-state index is 10.6. The van der Waals surface area contributed by atoms with E-state index in [0.29, 0.717) is 25.4 Å². The van der Waals surface area contributed by atoms with Crippen LogP contribution in [0.2, 0.25) is 0 Å². The van der Waals surface area contributed by atoms with Crippen LogP contribution in [-0.4, -0.2) is 25.3 Å². The van der Waals surface area contributed by atoms with Crippen molar-refractivity contribution in [2.24, 2.45) is 0 Å². The van der Waals surface area contributed by atoms with E-state index in [-0.39, 0.29) is 0 Å². The molecule has 13 heavy (non-hydrogen) atoms. The van der Waals surface area contributed by atoms with E-state index in [0.717, 1.165) is 0 Å². The average molecular weight is 208 g/mol. The molecule has 6 nitrogen and oxygen atoms in total. The second kappa shape index (κ2) is 7.53. The minimum Gasteiger partial charge on any atom is -0.337 e. The van der Waals surface area contributed by atoms with Gasteiger partial charge in [-0.15, -0.1) is 0 Å². The molecule has 0 rings (SSSR count). The van der Waals surface area contributed by atoms with Crippen LogP contribution in [0, 0.1) is 0 Å². The molecule has 0 radical (unpaired) electrons. The summed E-state index contributed by atoms with van der Waals surface area (Å²) in [7, 11) is 0. The van der Waals surface area contributed by atoms with Crippen molar-refractivity contribution in [1.29, 1.82) is 0 Å². The fraction of sp³-hybridized carbons (Fsp3) is 0.667. The van der Waals surface area contributed by atoms with Gasteiger partial charge in [-0.1, -0.05) is 0 Å². The van der Waals surface area contributed by atoms with E-state index in [1.807, 2.05) is 0 Å². The smallest absolute Gasteiger partial charge is 0.337 e. The number of carbonyl (C=O) groups is 2. The zero-order valence-electron chi connectivity index (χ0n) is 7.46. The minimum absolute atomic E-state index is 0.325. The van der Waals surface area contributed by atoms with Crippen molar-refractivity contribution in [1.82, 2.24) is 10.6 Å². The molecule has 0 aromatic heterocycles. The summed E-state index contributed by atoms with van der Waals surface area (Å²) in [5, 5.41) is 4.72. The Hall–Kier alpha value is -1.11. The highest BCUT2D eigenvalue weighted by Gasteiger charge is 2.05. The van der Waals surface area contributed by atoms with Gasteiger partial charge < -0.3 is 19.0 Å². The maximum Gasteiger partial charge on any atom is 0.421 e.